The van der Waals surface area contributed by atoms with Crippen LogP contribution < -0.4 is 0 Å². The maximum absolute atomic E-state index is 9.00. The lowest BCUT2D eigenvalue weighted by Crippen LogP contribution is -2.03. The highest BCUT2D eigenvalue weighted by molar-refractivity contribution is 5.62. The summed E-state index contributed by atoms with van der Waals surface area (Å²) in [6, 6.07) is 0. The van der Waals surface area contributed by atoms with Crippen molar-refractivity contribution in [3.05, 3.63) is 0 Å². The molecule has 0 saturated heterocycles. The number of carbonyl (C=O) groups is 1. The molecule has 2 nitrogen and oxygen atoms in total. The van der Waals surface area contributed by atoms with Crippen LogP contribution in [0.3, 0.4) is 0 Å². The maximum Gasteiger partial charge on any atom is 0.300 e. The Hall–Kier alpha value is -0.530. The smallest absolute Gasteiger partial charge is 0.300 e. The highest BCUT2D eigenvalue weighted by atomic mass is 16.4. The van der Waals surface area contributed by atoms with Crippen molar-refractivity contribution in [1.82, 2.24) is 0 Å². The number of carboxylic acid groups (broad SMARTS) is 1. The molecule has 2 aliphatic carbocycles. The van der Waals surface area contributed by atoms with Crippen molar-refractivity contribution < 1.29 is 9.90 Å². The summed E-state index contributed by atoms with van der Waals surface area (Å²) in [5.74, 6) is 0.253. The van der Waals surface area contributed by atoms with E-state index in [0.717, 1.165) is 12.8 Å². The molecule has 2 rings (SSSR count). The first kappa shape index (κ1) is 17.5. The van der Waals surface area contributed by atoms with Gasteiger partial charge in [0.25, 0.3) is 5.97 Å². The average molecular weight is 256 g/mol. The lowest BCUT2D eigenvalue weighted by atomic mass is 9.88. The molecule has 2 fully saturated rings. The fourth-order valence-corrected chi connectivity index (χ4v) is 2.66. The minimum atomic E-state index is -0.833. The highest BCUT2D eigenvalue weighted by Gasteiger charge is 2.09. The van der Waals surface area contributed by atoms with Crippen molar-refractivity contribution in [2.24, 2.45) is 5.92 Å². The van der Waals surface area contributed by atoms with Crippen LogP contribution in [0.15, 0.2) is 0 Å². The third kappa shape index (κ3) is 13.5. The second kappa shape index (κ2) is 12.9. The van der Waals surface area contributed by atoms with Gasteiger partial charge in [0.05, 0.1) is 0 Å². The molecule has 2 heteroatoms. The molecule has 0 aromatic rings. The molecule has 108 valence electrons. The molecule has 0 unspecified atom stereocenters. The first-order chi connectivity index (χ1) is 8.66. The van der Waals surface area contributed by atoms with E-state index in [1.54, 1.807) is 0 Å². The van der Waals surface area contributed by atoms with Gasteiger partial charge in [0.15, 0.2) is 0 Å². The number of hydrogen-bond donors (Lipinski definition) is 1. The Morgan fingerprint density at radius 1 is 0.889 bits per heavy atom. The Morgan fingerprint density at radius 3 is 1.39 bits per heavy atom. The Morgan fingerprint density at radius 2 is 1.17 bits per heavy atom. The van der Waals surface area contributed by atoms with Crippen LogP contribution in [0.5, 0.6) is 0 Å². The van der Waals surface area contributed by atoms with Crippen LogP contribution in [0, 0.1) is 5.92 Å². The van der Waals surface area contributed by atoms with E-state index in [9.17, 15) is 0 Å². The van der Waals surface area contributed by atoms with E-state index in [4.69, 9.17) is 9.90 Å². The summed E-state index contributed by atoms with van der Waals surface area (Å²) < 4.78 is 0. The van der Waals surface area contributed by atoms with Gasteiger partial charge in [0, 0.05) is 6.92 Å². The molecule has 0 aliphatic heterocycles. The molecule has 0 bridgehead atoms. The molecular formula is C16H32O2. The summed E-state index contributed by atoms with van der Waals surface area (Å²) >= 11 is 0. The van der Waals surface area contributed by atoms with E-state index in [-0.39, 0.29) is 0 Å². The number of carboxylic acids is 1. The summed E-state index contributed by atoms with van der Waals surface area (Å²) in [4.78, 5) is 9.00. The molecule has 2 saturated carbocycles. The molecule has 0 aromatic heterocycles. The van der Waals surface area contributed by atoms with Crippen molar-refractivity contribution in [2.75, 3.05) is 0 Å². The fourth-order valence-electron chi connectivity index (χ4n) is 2.66. The van der Waals surface area contributed by atoms with Gasteiger partial charge in [-0.25, -0.2) is 0 Å². The summed E-state index contributed by atoms with van der Waals surface area (Å²) in [6.45, 7) is 3.40. The quantitative estimate of drug-likeness (QED) is 0.681. The second-order valence-electron chi connectivity index (χ2n) is 5.55. The van der Waals surface area contributed by atoms with Crippen LogP contribution in [0.25, 0.3) is 0 Å². The standard InChI is InChI=1S/C8H16.C6H12.C2H4O2/c1-2-8-6-4-3-5-7-8;1-2-4-6-5-3-1;1-2(3)4/h8H,2-7H2,1H3;1-6H2;1H3,(H,3,4). The lowest BCUT2D eigenvalue weighted by molar-refractivity contribution is -0.134. The molecule has 0 amide bonds. The van der Waals surface area contributed by atoms with E-state index in [2.05, 4.69) is 6.92 Å². The van der Waals surface area contributed by atoms with Gasteiger partial charge in [0.2, 0.25) is 0 Å². The van der Waals surface area contributed by atoms with Crippen molar-refractivity contribution >= 4 is 5.97 Å². The number of rotatable bonds is 1. The minimum absolute atomic E-state index is 0.833. The number of hydrogen-bond acceptors (Lipinski definition) is 1. The monoisotopic (exact) mass is 256 g/mol. The van der Waals surface area contributed by atoms with Gasteiger partial charge in [-0.3, -0.25) is 4.79 Å². The molecule has 0 atom stereocenters. The van der Waals surface area contributed by atoms with Gasteiger partial charge >= 0.3 is 0 Å². The Kier molecular flexibility index (Phi) is 12.5. The molecule has 0 spiro atoms. The van der Waals surface area contributed by atoms with Gasteiger partial charge in [-0.1, -0.05) is 84.0 Å². The van der Waals surface area contributed by atoms with Crippen molar-refractivity contribution in [3.8, 4) is 0 Å². The topological polar surface area (TPSA) is 37.3 Å². The Bertz CT molecular complexity index is 164. The molecule has 2 aliphatic rings. The summed E-state index contributed by atoms with van der Waals surface area (Å²) in [7, 11) is 0. The zero-order valence-electron chi connectivity index (χ0n) is 12.4. The first-order valence-corrected chi connectivity index (χ1v) is 7.86. The number of aliphatic carboxylic acids is 1. The SMILES string of the molecule is C1CCCCC1.CC(=O)O.CCC1CCCCC1. The summed E-state index contributed by atoms with van der Waals surface area (Å²) in [6.07, 6.45) is 17.9. The van der Waals surface area contributed by atoms with Crippen LogP contribution in [0.1, 0.15) is 90.9 Å². The highest BCUT2D eigenvalue weighted by Crippen LogP contribution is 2.25. The lowest BCUT2D eigenvalue weighted by Gasteiger charge is -2.18. The molecule has 18 heavy (non-hydrogen) atoms. The third-order valence-electron chi connectivity index (χ3n) is 3.80. The molecule has 0 aromatic carbocycles. The van der Waals surface area contributed by atoms with Crippen LogP contribution in [-0.2, 0) is 4.79 Å². The largest absolute Gasteiger partial charge is 0.481 e. The van der Waals surface area contributed by atoms with Crippen LogP contribution in [-0.4, -0.2) is 11.1 Å². The zero-order valence-corrected chi connectivity index (χ0v) is 12.4. The van der Waals surface area contributed by atoms with Gasteiger partial charge in [-0.05, 0) is 5.92 Å². The summed E-state index contributed by atoms with van der Waals surface area (Å²) in [5.41, 5.74) is 0. The molecular weight excluding hydrogens is 224 g/mol. The minimum Gasteiger partial charge on any atom is -0.481 e. The van der Waals surface area contributed by atoms with Crippen LogP contribution in [0.2, 0.25) is 0 Å². The summed E-state index contributed by atoms with van der Waals surface area (Å²) in [5, 5.41) is 7.42. The van der Waals surface area contributed by atoms with E-state index >= 15 is 0 Å². The van der Waals surface area contributed by atoms with Crippen molar-refractivity contribution in [2.45, 2.75) is 90.9 Å². The first-order valence-electron chi connectivity index (χ1n) is 7.86. The fraction of sp³-hybridized carbons (Fsp3) is 0.938. The van der Waals surface area contributed by atoms with Gasteiger partial charge in [-0.15, -0.1) is 0 Å². The molecule has 0 heterocycles. The van der Waals surface area contributed by atoms with Crippen LogP contribution >= 0.6 is 0 Å². The predicted octanol–water partition coefficient (Wildman–Crippen LogP) is 5.41. The van der Waals surface area contributed by atoms with Gasteiger partial charge in [0.1, 0.15) is 0 Å². The Balaban J connectivity index is 0.000000257. The average Bonchev–Trinajstić information content (AvgIpc) is 2.42. The van der Waals surface area contributed by atoms with E-state index in [0.29, 0.717) is 0 Å². The van der Waals surface area contributed by atoms with Gasteiger partial charge in [-0.2, -0.15) is 0 Å². The van der Waals surface area contributed by atoms with Crippen molar-refractivity contribution in [1.29, 1.82) is 0 Å². The molecule has 1 N–H and O–H groups in total. The normalized spacial score (nSPS) is 19.9. The predicted molar refractivity (Wildman–Crippen MR) is 77.9 cm³/mol. The van der Waals surface area contributed by atoms with Crippen molar-refractivity contribution in [3.63, 3.8) is 0 Å². The Labute approximate surface area is 113 Å². The maximum atomic E-state index is 9.00. The van der Waals surface area contributed by atoms with E-state index in [1.165, 1.54) is 77.0 Å². The zero-order chi connectivity index (χ0) is 13.6. The van der Waals surface area contributed by atoms with E-state index in [1.807, 2.05) is 0 Å². The van der Waals surface area contributed by atoms with E-state index < -0.39 is 5.97 Å². The van der Waals surface area contributed by atoms with Gasteiger partial charge < -0.3 is 5.11 Å². The van der Waals surface area contributed by atoms with Crippen LogP contribution in [0.4, 0.5) is 0 Å². The molecule has 0 radical (unpaired) electrons. The third-order valence-corrected chi connectivity index (χ3v) is 3.80. The second-order valence-corrected chi connectivity index (χ2v) is 5.55.